The molecule has 2 rings (SSSR count). The van der Waals surface area contributed by atoms with Gasteiger partial charge in [-0.3, -0.25) is 0 Å². The van der Waals surface area contributed by atoms with E-state index in [2.05, 4.69) is 16.5 Å². The molecule has 0 aliphatic heterocycles. The van der Waals surface area contributed by atoms with Crippen molar-refractivity contribution >= 4 is 11.3 Å². The number of nitrogens with zero attached hydrogens (tertiary/aromatic N) is 2. The Morgan fingerprint density at radius 3 is 2.82 bits per heavy atom. The molecule has 0 aromatic carbocycles. The van der Waals surface area contributed by atoms with Gasteiger partial charge >= 0.3 is 0 Å². The zero-order valence-electron chi connectivity index (χ0n) is 9.78. The second kappa shape index (κ2) is 5.13. The molecule has 0 saturated heterocycles. The molecule has 88 valence electrons. The third-order valence-corrected chi connectivity index (χ3v) is 3.54. The van der Waals surface area contributed by atoms with Gasteiger partial charge in [0.25, 0.3) is 0 Å². The first-order valence-corrected chi connectivity index (χ1v) is 6.13. The third-order valence-electron chi connectivity index (χ3n) is 2.55. The van der Waals surface area contributed by atoms with Crippen LogP contribution >= 0.6 is 11.3 Å². The van der Waals surface area contributed by atoms with Gasteiger partial charge in [-0.15, -0.1) is 11.3 Å². The summed E-state index contributed by atoms with van der Waals surface area (Å²) in [6.45, 7) is 5.35. The van der Waals surface area contributed by atoms with Crippen molar-refractivity contribution in [3.8, 4) is 6.07 Å². The van der Waals surface area contributed by atoms with Crippen LogP contribution in [0.4, 0.5) is 0 Å². The predicted octanol–water partition coefficient (Wildman–Crippen LogP) is 2.51. The highest BCUT2D eigenvalue weighted by Gasteiger charge is 2.08. The summed E-state index contributed by atoms with van der Waals surface area (Å²) in [6.07, 6.45) is 0. The number of aromatic nitrogens is 1. The van der Waals surface area contributed by atoms with Gasteiger partial charge in [-0.25, -0.2) is 0 Å². The molecule has 17 heavy (non-hydrogen) atoms. The summed E-state index contributed by atoms with van der Waals surface area (Å²) in [4.78, 5) is 1.91. The van der Waals surface area contributed by atoms with Gasteiger partial charge in [-0.05, 0) is 26.0 Å². The number of thiophene rings is 1. The minimum atomic E-state index is 0.737. The van der Waals surface area contributed by atoms with E-state index < -0.39 is 0 Å². The summed E-state index contributed by atoms with van der Waals surface area (Å²) in [5, 5.41) is 15.9. The monoisotopic (exact) mass is 247 g/mol. The van der Waals surface area contributed by atoms with Gasteiger partial charge < -0.3 is 9.84 Å². The smallest absolute Gasteiger partial charge is 0.138 e. The maximum Gasteiger partial charge on any atom is 0.138 e. The first kappa shape index (κ1) is 11.8. The van der Waals surface area contributed by atoms with Crippen LogP contribution < -0.4 is 5.32 Å². The Morgan fingerprint density at radius 2 is 2.24 bits per heavy atom. The predicted molar refractivity (Wildman–Crippen MR) is 65.6 cm³/mol. The van der Waals surface area contributed by atoms with E-state index >= 15 is 0 Å². The fourth-order valence-electron chi connectivity index (χ4n) is 1.60. The van der Waals surface area contributed by atoms with E-state index in [1.165, 1.54) is 11.3 Å². The van der Waals surface area contributed by atoms with Crippen LogP contribution in [0.3, 0.4) is 0 Å². The molecular weight excluding hydrogens is 234 g/mol. The highest BCUT2D eigenvalue weighted by atomic mass is 32.1. The van der Waals surface area contributed by atoms with Crippen LogP contribution in [-0.4, -0.2) is 5.16 Å². The van der Waals surface area contributed by atoms with E-state index in [-0.39, 0.29) is 0 Å². The van der Waals surface area contributed by atoms with E-state index in [4.69, 9.17) is 9.78 Å². The minimum Gasteiger partial charge on any atom is -0.361 e. The number of nitrogens with one attached hydrogen (secondary N) is 1. The molecule has 2 aromatic heterocycles. The van der Waals surface area contributed by atoms with Gasteiger partial charge in [0.2, 0.25) is 0 Å². The molecule has 0 aliphatic carbocycles. The molecule has 0 bridgehead atoms. The zero-order chi connectivity index (χ0) is 12.3. The number of nitriles is 1. The molecule has 0 saturated carbocycles. The molecule has 1 N–H and O–H groups in total. The molecule has 2 aromatic rings. The number of aryl methyl sites for hydroxylation is 2. The Labute approximate surface area is 104 Å². The van der Waals surface area contributed by atoms with Gasteiger partial charge in [-0.1, -0.05) is 5.16 Å². The van der Waals surface area contributed by atoms with E-state index in [0.29, 0.717) is 0 Å². The van der Waals surface area contributed by atoms with Gasteiger partial charge in [0.15, 0.2) is 0 Å². The average molecular weight is 247 g/mol. The summed E-state index contributed by atoms with van der Waals surface area (Å²) in [5.74, 6) is 0.860. The maximum atomic E-state index is 8.72. The Bertz CT molecular complexity index is 531. The largest absolute Gasteiger partial charge is 0.361 e. The van der Waals surface area contributed by atoms with Crippen molar-refractivity contribution in [2.75, 3.05) is 0 Å². The van der Waals surface area contributed by atoms with E-state index in [1.807, 2.05) is 26.0 Å². The average Bonchev–Trinajstić information content (AvgIpc) is 2.90. The van der Waals surface area contributed by atoms with Gasteiger partial charge in [-0.2, -0.15) is 5.26 Å². The molecule has 0 amide bonds. The molecule has 2 heterocycles. The van der Waals surface area contributed by atoms with Crippen molar-refractivity contribution in [1.29, 1.82) is 5.26 Å². The number of rotatable bonds is 4. The molecule has 0 aliphatic rings. The molecule has 0 fully saturated rings. The van der Waals surface area contributed by atoms with E-state index in [1.54, 1.807) is 0 Å². The van der Waals surface area contributed by atoms with Crippen LogP contribution in [0.5, 0.6) is 0 Å². The standard InChI is InChI=1S/C12H13N3OS/c1-8-12(9(2)16-15-8)7-14-6-11-4-3-10(5-13)17-11/h3-4,14H,6-7H2,1-2H3. The lowest BCUT2D eigenvalue weighted by Gasteiger charge is -2.01. The Kier molecular flexibility index (Phi) is 3.57. The molecule has 0 radical (unpaired) electrons. The van der Waals surface area contributed by atoms with Gasteiger partial charge in [0, 0.05) is 23.5 Å². The van der Waals surface area contributed by atoms with Crippen molar-refractivity contribution in [2.45, 2.75) is 26.9 Å². The normalized spacial score (nSPS) is 10.4. The summed E-state index contributed by atoms with van der Waals surface area (Å²) in [6, 6.07) is 5.96. The van der Waals surface area contributed by atoms with Crippen molar-refractivity contribution in [3.05, 3.63) is 38.9 Å². The van der Waals surface area contributed by atoms with Crippen LogP contribution in [0.15, 0.2) is 16.7 Å². The molecule has 0 atom stereocenters. The fourth-order valence-corrected chi connectivity index (χ4v) is 2.37. The summed E-state index contributed by atoms with van der Waals surface area (Å²) in [5.41, 5.74) is 2.04. The quantitative estimate of drug-likeness (QED) is 0.901. The third kappa shape index (κ3) is 2.73. The van der Waals surface area contributed by atoms with Crippen LogP contribution in [0, 0.1) is 25.2 Å². The summed E-state index contributed by atoms with van der Waals surface area (Å²) in [7, 11) is 0. The molecule has 4 nitrogen and oxygen atoms in total. The second-order valence-corrected chi connectivity index (χ2v) is 4.95. The van der Waals surface area contributed by atoms with E-state index in [0.717, 1.165) is 39.9 Å². The molecule has 0 unspecified atom stereocenters. The van der Waals surface area contributed by atoms with Crippen LogP contribution in [-0.2, 0) is 13.1 Å². The zero-order valence-corrected chi connectivity index (χ0v) is 10.6. The highest BCUT2D eigenvalue weighted by Crippen LogP contribution is 2.16. The first-order chi connectivity index (χ1) is 8.20. The topological polar surface area (TPSA) is 61.9 Å². The van der Waals surface area contributed by atoms with E-state index in [9.17, 15) is 0 Å². The second-order valence-electron chi connectivity index (χ2n) is 3.78. The van der Waals surface area contributed by atoms with Crippen molar-refractivity contribution in [1.82, 2.24) is 10.5 Å². The van der Waals surface area contributed by atoms with Gasteiger partial charge in [0.05, 0.1) is 5.69 Å². The van der Waals surface area contributed by atoms with Crippen LogP contribution in [0.25, 0.3) is 0 Å². The highest BCUT2D eigenvalue weighted by molar-refractivity contribution is 7.12. The Hall–Kier alpha value is -1.64. The number of hydrogen-bond donors (Lipinski definition) is 1. The van der Waals surface area contributed by atoms with Crippen molar-refractivity contribution in [3.63, 3.8) is 0 Å². The Morgan fingerprint density at radius 1 is 1.41 bits per heavy atom. The fraction of sp³-hybridized carbons (Fsp3) is 0.333. The molecule has 5 heteroatoms. The summed E-state index contributed by atoms with van der Waals surface area (Å²) < 4.78 is 5.09. The minimum absolute atomic E-state index is 0.737. The molecule has 0 spiro atoms. The maximum absolute atomic E-state index is 8.72. The SMILES string of the molecule is Cc1noc(C)c1CNCc1ccc(C#N)s1. The summed E-state index contributed by atoms with van der Waals surface area (Å²) >= 11 is 1.52. The Balaban J connectivity index is 1.90. The van der Waals surface area contributed by atoms with Crippen molar-refractivity contribution in [2.24, 2.45) is 0 Å². The first-order valence-electron chi connectivity index (χ1n) is 5.32. The lowest BCUT2D eigenvalue weighted by molar-refractivity contribution is 0.392. The lowest BCUT2D eigenvalue weighted by atomic mass is 10.2. The van der Waals surface area contributed by atoms with Crippen LogP contribution in [0.2, 0.25) is 0 Å². The van der Waals surface area contributed by atoms with Crippen molar-refractivity contribution < 1.29 is 4.52 Å². The number of hydrogen-bond acceptors (Lipinski definition) is 5. The van der Waals surface area contributed by atoms with Crippen LogP contribution in [0.1, 0.15) is 26.8 Å². The molecular formula is C12H13N3OS. The van der Waals surface area contributed by atoms with Gasteiger partial charge in [0.1, 0.15) is 16.7 Å². The lowest BCUT2D eigenvalue weighted by Crippen LogP contribution is -2.12.